The molecule has 1 saturated heterocycles. The normalized spacial score (nSPS) is 34.9. The van der Waals surface area contributed by atoms with Crippen LogP contribution in [0.1, 0.15) is 45.4 Å². The maximum Gasteiger partial charge on any atom is 0.320 e. The van der Waals surface area contributed by atoms with Gasteiger partial charge in [-0.15, -0.1) is 0 Å². The van der Waals surface area contributed by atoms with Crippen molar-refractivity contribution < 1.29 is 9.90 Å². The van der Waals surface area contributed by atoms with Crippen molar-refractivity contribution >= 4 is 5.97 Å². The van der Waals surface area contributed by atoms with Gasteiger partial charge in [-0.25, -0.2) is 0 Å². The Morgan fingerprint density at radius 2 is 2.24 bits per heavy atom. The Bertz CT molecular complexity index is 337. The van der Waals surface area contributed by atoms with E-state index in [1.807, 2.05) is 11.8 Å². The average Bonchev–Trinajstić information content (AvgIpc) is 2.71. The minimum atomic E-state index is -0.756. The Kier molecular flexibility index (Phi) is 3.68. The molecule has 4 heteroatoms. The van der Waals surface area contributed by atoms with E-state index in [2.05, 4.69) is 6.07 Å². The zero-order chi connectivity index (χ0) is 12.4. The van der Waals surface area contributed by atoms with Crippen LogP contribution in [0.4, 0.5) is 0 Å². The lowest BCUT2D eigenvalue weighted by Crippen LogP contribution is -2.47. The van der Waals surface area contributed by atoms with Gasteiger partial charge < -0.3 is 5.11 Å². The van der Waals surface area contributed by atoms with Crippen molar-refractivity contribution in [3.05, 3.63) is 0 Å². The fourth-order valence-corrected chi connectivity index (χ4v) is 3.54. The van der Waals surface area contributed by atoms with Gasteiger partial charge in [-0.05, 0) is 31.6 Å². The molecule has 1 saturated carbocycles. The van der Waals surface area contributed by atoms with Crippen LogP contribution in [0.2, 0.25) is 0 Å². The molecule has 2 rings (SSSR count). The van der Waals surface area contributed by atoms with Crippen LogP contribution in [-0.4, -0.2) is 34.1 Å². The number of fused-ring (bicyclic) bond motifs is 1. The Hall–Kier alpha value is -1.08. The number of hydrogen-bond acceptors (Lipinski definition) is 3. The highest BCUT2D eigenvalue weighted by Gasteiger charge is 2.47. The van der Waals surface area contributed by atoms with E-state index < -0.39 is 12.0 Å². The third kappa shape index (κ3) is 2.16. The van der Waals surface area contributed by atoms with Crippen molar-refractivity contribution in [3.8, 4) is 6.07 Å². The molecule has 0 aromatic rings. The van der Waals surface area contributed by atoms with Crippen molar-refractivity contribution in [1.29, 1.82) is 5.26 Å². The minimum absolute atomic E-state index is 0.232. The SMILES string of the molecule is CCC(C#N)N1C(C(=O)O)CC2CCCCC21. The van der Waals surface area contributed by atoms with Gasteiger partial charge in [0.15, 0.2) is 0 Å². The van der Waals surface area contributed by atoms with Crippen molar-refractivity contribution in [2.75, 3.05) is 0 Å². The minimum Gasteiger partial charge on any atom is -0.480 e. The number of carboxylic acid groups (broad SMARTS) is 1. The summed E-state index contributed by atoms with van der Waals surface area (Å²) < 4.78 is 0. The fourth-order valence-electron chi connectivity index (χ4n) is 3.54. The Morgan fingerprint density at radius 3 is 2.82 bits per heavy atom. The maximum absolute atomic E-state index is 11.3. The Balaban J connectivity index is 2.23. The highest BCUT2D eigenvalue weighted by atomic mass is 16.4. The number of hydrogen-bond donors (Lipinski definition) is 1. The van der Waals surface area contributed by atoms with Crippen molar-refractivity contribution in [2.24, 2.45) is 5.92 Å². The molecule has 0 radical (unpaired) electrons. The van der Waals surface area contributed by atoms with Gasteiger partial charge in [-0.2, -0.15) is 5.26 Å². The van der Waals surface area contributed by atoms with Crippen LogP contribution in [-0.2, 0) is 4.79 Å². The van der Waals surface area contributed by atoms with E-state index >= 15 is 0 Å². The zero-order valence-corrected chi connectivity index (χ0v) is 10.3. The second-order valence-electron chi connectivity index (χ2n) is 5.20. The molecule has 0 aromatic heterocycles. The third-order valence-electron chi connectivity index (χ3n) is 4.32. The molecule has 17 heavy (non-hydrogen) atoms. The molecule has 94 valence electrons. The molecule has 1 N–H and O–H groups in total. The van der Waals surface area contributed by atoms with Gasteiger partial charge in [0.2, 0.25) is 0 Å². The van der Waals surface area contributed by atoms with Gasteiger partial charge in [0.05, 0.1) is 12.1 Å². The molecule has 4 nitrogen and oxygen atoms in total. The lowest BCUT2D eigenvalue weighted by molar-refractivity contribution is -0.143. The molecule has 1 aliphatic heterocycles. The molecule has 0 amide bonds. The molecular formula is C13H20N2O2. The molecular weight excluding hydrogens is 216 g/mol. The molecule has 4 atom stereocenters. The van der Waals surface area contributed by atoms with Crippen molar-refractivity contribution in [1.82, 2.24) is 4.90 Å². The summed E-state index contributed by atoms with van der Waals surface area (Å²) in [7, 11) is 0. The van der Waals surface area contributed by atoms with E-state index in [1.54, 1.807) is 0 Å². The van der Waals surface area contributed by atoms with Crippen LogP contribution in [0.5, 0.6) is 0 Å². The van der Waals surface area contributed by atoms with E-state index in [0.717, 1.165) is 19.3 Å². The van der Waals surface area contributed by atoms with E-state index in [0.29, 0.717) is 18.4 Å². The molecule has 1 aliphatic carbocycles. The molecule has 0 aromatic carbocycles. The van der Waals surface area contributed by atoms with Crippen LogP contribution in [0.15, 0.2) is 0 Å². The maximum atomic E-state index is 11.3. The molecule has 4 unspecified atom stereocenters. The van der Waals surface area contributed by atoms with Crippen LogP contribution < -0.4 is 0 Å². The van der Waals surface area contributed by atoms with Crippen molar-refractivity contribution in [2.45, 2.75) is 63.6 Å². The van der Waals surface area contributed by atoms with Crippen LogP contribution in [0, 0.1) is 17.2 Å². The highest BCUT2D eigenvalue weighted by molar-refractivity contribution is 5.74. The quantitative estimate of drug-likeness (QED) is 0.814. The largest absolute Gasteiger partial charge is 0.480 e. The van der Waals surface area contributed by atoms with E-state index in [9.17, 15) is 15.2 Å². The second kappa shape index (κ2) is 5.05. The molecule has 0 bridgehead atoms. The summed E-state index contributed by atoms with van der Waals surface area (Å²) in [5.41, 5.74) is 0. The van der Waals surface area contributed by atoms with E-state index in [4.69, 9.17) is 0 Å². The molecule has 1 heterocycles. The van der Waals surface area contributed by atoms with E-state index in [1.165, 1.54) is 12.8 Å². The first kappa shape index (κ1) is 12.4. The summed E-state index contributed by atoms with van der Waals surface area (Å²) in [4.78, 5) is 13.3. The first-order chi connectivity index (χ1) is 8.19. The van der Waals surface area contributed by atoms with Gasteiger partial charge in [0, 0.05) is 6.04 Å². The number of likely N-dealkylation sites (tertiary alicyclic amines) is 1. The summed E-state index contributed by atoms with van der Waals surface area (Å²) in [6.45, 7) is 1.96. The highest BCUT2D eigenvalue weighted by Crippen LogP contribution is 2.41. The first-order valence-electron chi connectivity index (χ1n) is 6.58. The van der Waals surface area contributed by atoms with Gasteiger partial charge in [0.1, 0.15) is 6.04 Å². The number of nitriles is 1. The number of carboxylic acids is 1. The summed E-state index contributed by atoms with van der Waals surface area (Å²) in [5.74, 6) is -0.264. The fraction of sp³-hybridized carbons (Fsp3) is 0.846. The molecule has 0 spiro atoms. The zero-order valence-electron chi connectivity index (χ0n) is 10.3. The predicted octanol–water partition coefficient (Wildman–Crippen LogP) is 2.01. The smallest absolute Gasteiger partial charge is 0.320 e. The number of aliphatic carboxylic acids is 1. The Labute approximate surface area is 102 Å². The van der Waals surface area contributed by atoms with Crippen LogP contribution >= 0.6 is 0 Å². The molecule has 2 aliphatic rings. The summed E-state index contributed by atoms with van der Waals surface area (Å²) in [6, 6.07) is 1.93. The predicted molar refractivity (Wildman–Crippen MR) is 63.3 cm³/mol. The van der Waals surface area contributed by atoms with Crippen LogP contribution in [0.25, 0.3) is 0 Å². The van der Waals surface area contributed by atoms with Crippen LogP contribution in [0.3, 0.4) is 0 Å². The summed E-state index contributed by atoms with van der Waals surface area (Å²) in [6.07, 6.45) is 6.03. The number of carbonyl (C=O) groups is 1. The van der Waals surface area contributed by atoms with Crippen molar-refractivity contribution in [3.63, 3.8) is 0 Å². The van der Waals surface area contributed by atoms with E-state index in [-0.39, 0.29) is 6.04 Å². The lowest BCUT2D eigenvalue weighted by Gasteiger charge is -2.35. The summed E-state index contributed by atoms with van der Waals surface area (Å²) in [5, 5.41) is 18.5. The second-order valence-corrected chi connectivity index (χ2v) is 5.20. The standard InChI is InChI=1S/C13H20N2O2/c1-2-10(8-14)15-11-6-4-3-5-9(11)7-12(15)13(16)17/h9-12H,2-7H2,1H3,(H,16,17). The lowest BCUT2D eigenvalue weighted by atomic mass is 9.84. The van der Waals surface area contributed by atoms with Gasteiger partial charge in [-0.3, -0.25) is 9.69 Å². The van der Waals surface area contributed by atoms with Gasteiger partial charge >= 0.3 is 5.97 Å². The topological polar surface area (TPSA) is 64.3 Å². The Morgan fingerprint density at radius 1 is 1.53 bits per heavy atom. The first-order valence-corrected chi connectivity index (χ1v) is 6.58. The summed E-state index contributed by atoms with van der Waals surface area (Å²) >= 11 is 0. The molecule has 2 fully saturated rings. The number of rotatable bonds is 3. The van der Waals surface area contributed by atoms with Gasteiger partial charge in [-0.1, -0.05) is 19.8 Å². The monoisotopic (exact) mass is 236 g/mol. The van der Waals surface area contributed by atoms with Gasteiger partial charge in [0.25, 0.3) is 0 Å². The average molecular weight is 236 g/mol. The third-order valence-corrected chi connectivity index (χ3v) is 4.32. The number of nitrogens with zero attached hydrogens (tertiary/aromatic N) is 2.